The Hall–Kier alpha value is -1.59. The van der Waals surface area contributed by atoms with Gasteiger partial charge in [0.2, 0.25) is 0 Å². The SMILES string of the molecule is CCCCCCCCCC(=O)OC[C@H](COC(=O)CCCCCCCCCCCCCCCC(C)C)OC(=O)CCCCCCCCC(C)CC. The minimum absolute atomic E-state index is 0.0661. The average molecular weight is 723 g/mol. The summed E-state index contributed by atoms with van der Waals surface area (Å²) in [4.78, 5) is 37.5. The molecular formula is C45H86O6. The lowest BCUT2D eigenvalue weighted by molar-refractivity contribution is -0.167. The maximum atomic E-state index is 12.6. The molecule has 0 rings (SSSR count). The van der Waals surface area contributed by atoms with Crippen molar-refractivity contribution >= 4 is 17.9 Å². The fraction of sp³-hybridized carbons (Fsp3) is 0.933. The van der Waals surface area contributed by atoms with E-state index in [0.29, 0.717) is 19.3 Å². The van der Waals surface area contributed by atoms with Crippen molar-refractivity contribution in [3.63, 3.8) is 0 Å². The lowest BCUT2D eigenvalue weighted by atomic mass is 10.00. The highest BCUT2D eigenvalue weighted by molar-refractivity contribution is 5.71. The molecule has 0 aromatic carbocycles. The quantitative estimate of drug-likeness (QED) is 0.0357. The van der Waals surface area contributed by atoms with Gasteiger partial charge < -0.3 is 14.2 Å². The second-order valence-corrected chi connectivity index (χ2v) is 16.1. The zero-order valence-electron chi connectivity index (χ0n) is 34.7. The standard InChI is InChI=1S/C45H86O6/c1-6-8-9-10-18-25-30-35-43(46)49-38-42(51-45(48)37-32-27-22-21-24-29-34-41(5)7-2)39-50-44(47)36-31-26-20-17-15-13-11-12-14-16-19-23-28-33-40(3)4/h40-42H,6-39H2,1-5H3/t41?,42-/m1/s1. The summed E-state index contributed by atoms with van der Waals surface area (Å²) < 4.78 is 16.6. The molecule has 0 fully saturated rings. The first-order valence-corrected chi connectivity index (χ1v) is 22.3. The molecular weight excluding hydrogens is 636 g/mol. The lowest BCUT2D eigenvalue weighted by Gasteiger charge is -2.18. The largest absolute Gasteiger partial charge is 0.462 e. The highest BCUT2D eigenvalue weighted by Gasteiger charge is 2.19. The van der Waals surface area contributed by atoms with E-state index < -0.39 is 6.10 Å². The Morgan fingerprint density at radius 1 is 0.412 bits per heavy atom. The summed E-state index contributed by atoms with van der Waals surface area (Å²) in [6.07, 6.45) is 35.3. The first kappa shape index (κ1) is 49.4. The Morgan fingerprint density at radius 2 is 0.745 bits per heavy atom. The number of carbonyl (C=O) groups excluding carboxylic acids is 3. The van der Waals surface area contributed by atoms with Gasteiger partial charge in [-0.3, -0.25) is 14.4 Å². The maximum Gasteiger partial charge on any atom is 0.306 e. The van der Waals surface area contributed by atoms with Crippen molar-refractivity contribution in [1.82, 2.24) is 0 Å². The van der Waals surface area contributed by atoms with Gasteiger partial charge in [-0.15, -0.1) is 0 Å². The van der Waals surface area contributed by atoms with Crippen molar-refractivity contribution in [1.29, 1.82) is 0 Å². The normalized spacial score (nSPS) is 12.6. The van der Waals surface area contributed by atoms with Gasteiger partial charge >= 0.3 is 17.9 Å². The van der Waals surface area contributed by atoms with Crippen LogP contribution in [0.25, 0.3) is 0 Å². The van der Waals surface area contributed by atoms with Gasteiger partial charge in [0, 0.05) is 19.3 Å². The molecule has 0 aromatic heterocycles. The molecule has 0 heterocycles. The van der Waals surface area contributed by atoms with Crippen LogP contribution in [0.15, 0.2) is 0 Å². The van der Waals surface area contributed by atoms with E-state index in [2.05, 4.69) is 34.6 Å². The second-order valence-electron chi connectivity index (χ2n) is 16.1. The molecule has 0 aliphatic heterocycles. The predicted octanol–water partition coefficient (Wildman–Crippen LogP) is 13.8. The zero-order chi connectivity index (χ0) is 37.6. The van der Waals surface area contributed by atoms with Crippen LogP contribution in [-0.4, -0.2) is 37.2 Å². The summed E-state index contributed by atoms with van der Waals surface area (Å²) in [5.74, 6) is 0.782. The van der Waals surface area contributed by atoms with Gasteiger partial charge in [-0.25, -0.2) is 0 Å². The van der Waals surface area contributed by atoms with Crippen molar-refractivity contribution in [3.8, 4) is 0 Å². The summed E-state index contributed by atoms with van der Waals surface area (Å²) in [6.45, 7) is 11.3. The fourth-order valence-corrected chi connectivity index (χ4v) is 6.54. The molecule has 2 atom stereocenters. The van der Waals surface area contributed by atoms with Crippen molar-refractivity contribution in [2.24, 2.45) is 11.8 Å². The number of carbonyl (C=O) groups is 3. The molecule has 51 heavy (non-hydrogen) atoms. The Labute approximate surface area is 317 Å². The maximum absolute atomic E-state index is 12.6. The van der Waals surface area contributed by atoms with Gasteiger partial charge in [0.1, 0.15) is 13.2 Å². The van der Waals surface area contributed by atoms with E-state index in [4.69, 9.17) is 14.2 Å². The van der Waals surface area contributed by atoms with Crippen LogP contribution >= 0.6 is 0 Å². The highest BCUT2D eigenvalue weighted by Crippen LogP contribution is 2.17. The average Bonchev–Trinajstić information content (AvgIpc) is 3.11. The molecule has 0 amide bonds. The summed E-state index contributed by atoms with van der Waals surface area (Å²) in [6, 6.07) is 0. The first-order valence-electron chi connectivity index (χ1n) is 22.3. The molecule has 0 saturated heterocycles. The minimum atomic E-state index is -0.759. The molecule has 0 bridgehead atoms. The Bertz CT molecular complexity index is 781. The van der Waals surface area contributed by atoms with Gasteiger partial charge in [-0.1, -0.05) is 202 Å². The third kappa shape index (κ3) is 38.0. The number of ether oxygens (including phenoxy) is 3. The van der Waals surface area contributed by atoms with Gasteiger partial charge in [0.25, 0.3) is 0 Å². The van der Waals surface area contributed by atoms with Crippen LogP contribution in [0.3, 0.4) is 0 Å². The molecule has 302 valence electrons. The molecule has 0 N–H and O–H groups in total. The number of unbranched alkanes of at least 4 members (excludes halogenated alkanes) is 23. The monoisotopic (exact) mass is 723 g/mol. The molecule has 6 heteroatoms. The molecule has 0 aliphatic carbocycles. The van der Waals surface area contributed by atoms with Crippen LogP contribution in [0.5, 0.6) is 0 Å². The third-order valence-electron chi connectivity index (χ3n) is 10.3. The van der Waals surface area contributed by atoms with E-state index in [0.717, 1.165) is 69.6 Å². The van der Waals surface area contributed by atoms with Gasteiger partial charge in [0.15, 0.2) is 6.10 Å². The number of rotatable bonds is 39. The van der Waals surface area contributed by atoms with E-state index in [1.807, 2.05) is 0 Å². The van der Waals surface area contributed by atoms with Crippen molar-refractivity contribution in [2.75, 3.05) is 13.2 Å². The van der Waals surface area contributed by atoms with E-state index in [1.165, 1.54) is 128 Å². The predicted molar refractivity (Wildman–Crippen MR) is 215 cm³/mol. The van der Waals surface area contributed by atoms with Crippen LogP contribution in [0, 0.1) is 11.8 Å². The highest BCUT2D eigenvalue weighted by atomic mass is 16.6. The van der Waals surface area contributed by atoms with Crippen LogP contribution in [-0.2, 0) is 28.6 Å². The first-order chi connectivity index (χ1) is 24.8. The molecule has 0 aliphatic rings. The van der Waals surface area contributed by atoms with Crippen molar-refractivity contribution in [3.05, 3.63) is 0 Å². The van der Waals surface area contributed by atoms with E-state index in [9.17, 15) is 14.4 Å². The summed E-state index contributed by atoms with van der Waals surface area (Å²) in [7, 11) is 0. The van der Waals surface area contributed by atoms with Crippen molar-refractivity contribution < 1.29 is 28.6 Å². The smallest absolute Gasteiger partial charge is 0.306 e. The molecule has 0 spiro atoms. The zero-order valence-corrected chi connectivity index (χ0v) is 34.7. The summed E-state index contributed by atoms with van der Waals surface area (Å²) in [5, 5.41) is 0. The van der Waals surface area contributed by atoms with Crippen LogP contribution < -0.4 is 0 Å². The van der Waals surface area contributed by atoms with Gasteiger partial charge in [-0.05, 0) is 31.1 Å². The topological polar surface area (TPSA) is 78.9 Å². The summed E-state index contributed by atoms with van der Waals surface area (Å²) >= 11 is 0. The van der Waals surface area contributed by atoms with Crippen LogP contribution in [0.1, 0.15) is 240 Å². The van der Waals surface area contributed by atoms with Crippen molar-refractivity contribution in [2.45, 2.75) is 246 Å². The van der Waals surface area contributed by atoms with Crippen LogP contribution in [0.2, 0.25) is 0 Å². The number of esters is 3. The minimum Gasteiger partial charge on any atom is -0.462 e. The second kappa shape index (κ2) is 38.1. The van der Waals surface area contributed by atoms with E-state index in [1.54, 1.807) is 0 Å². The van der Waals surface area contributed by atoms with Crippen LogP contribution in [0.4, 0.5) is 0 Å². The number of hydrogen-bond acceptors (Lipinski definition) is 6. The molecule has 0 saturated carbocycles. The Kier molecular flexibility index (Phi) is 37.0. The fourth-order valence-electron chi connectivity index (χ4n) is 6.54. The molecule has 6 nitrogen and oxygen atoms in total. The third-order valence-corrected chi connectivity index (χ3v) is 10.3. The summed E-state index contributed by atoms with van der Waals surface area (Å²) in [5.41, 5.74) is 0. The van der Waals surface area contributed by atoms with E-state index >= 15 is 0 Å². The number of hydrogen-bond donors (Lipinski definition) is 0. The van der Waals surface area contributed by atoms with Gasteiger partial charge in [0.05, 0.1) is 0 Å². The molecule has 1 unspecified atom stereocenters. The van der Waals surface area contributed by atoms with Gasteiger partial charge in [-0.2, -0.15) is 0 Å². The lowest BCUT2D eigenvalue weighted by Crippen LogP contribution is -2.30. The van der Waals surface area contributed by atoms with E-state index in [-0.39, 0.29) is 31.1 Å². The Balaban J connectivity index is 4.24. The molecule has 0 aromatic rings. The molecule has 0 radical (unpaired) electrons. The Morgan fingerprint density at radius 3 is 1.12 bits per heavy atom.